The van der Waals surface area contributed by atoms with E-state index in [-0.39, 0.29) is 0 Å². The largest absolute Gasteiger partial charge is 0.480 e. The van der Waals surface area contributed by atoms with E-state index in [2.05, 4.69) is 17.1 Å². The van der Waals surface area contributed by atoms with Crippen molar-refractivity contribution in [2.45, 2.75) is 38.1 Å². The first-order valence-electron chi connectivity index (χ1n) is 6.73. The summed E-state index contributed by atoms with van der Waals surface area (Å²) in [5.74, 6) is 0.437. The van der Waals surface area contributed by atoms with Gasteiger partial charge in [-0.3, -0.25) is 4.79 Å². The molecule has 98 valence electrons. The Balaban J connectivity index is 2.00. The van der Waals surface area contributed by atoms with Gasteiger partial charge < -0.3 is 15.3 Å². The molecule has 1 saturated carbocycles. The molecule has 1 aliphatic heterocycles. The number of rotatable bonds is 5. The summed E-state index contributed by atoms with van der Waals surface area (Å²) >= 11 is 0. The van der Waals surface area contributed by atoms with Gasteiger partial charge in [0.25, 0.3) is 0 Å². The Morgan fingerprint density at radius 3 is 2.35 bits per heavy atom. The van der Waals surface area contributed by atoms with Crippen LogP contribution in [0.3, 0.4) is 0 Å². The average Bonchev–Trinajstić information content (AvgIpc) is 3.12. The van der Waals surface area contributed by atoms with Crippen LogP contribution in [-0.2, 0) is 4.79 Å². The van der Waals surface area contributed by atoms with Gasteiger partial charge >= 0.3 is 5.97 Å². The zero-order chi connectivity index (χ0) is 12.5. The summed E-state index contributed by atoms with van der Waals surface area (Å²) in [6.45, 7) is 5.03. The highest BCUT2D eigenvalue weighted by Crippen LogP contribution is 2.40. The number of aliphatic carboxylic acids is 1. The van der Waals surface area contributed by atoms with Crippen molar-refractivity contribution in [3.05, 3.63) is 0 Å². The molecule has 0 amide bonds. The van der Waals surface area contributed by atoms with Gasteiger partial charge in [0.1, 0.15) is 5.54 Å². The lowest BCUT2D eigenvalue weighted by atomic mass is 9.90. The number of carboxylic acid groups (broad SMARTS) is 1. The van der Waals surface area contributed by atoms with Crippen molar-refractivity contribution in [3.63, 3.8) is 0 Å². The number of hydrogen-bond donors (Lipinski definition) is 2. The molecule has 0 radical (unpaired) electrons. The van der Waals surface area contributed by atoms with Crippen LogP contribution in [0.15, 0.2) is 0 Å². The first kappa shape index (κ1) is 12.8. The van der Waals surface area contributed by atoms with Gasteiger partial charge in [-0.15, -0.1) is 0 Å². The van der Waals surface area contributed by atoms with Crippen molar-refractivity contribution in [2.24, 2.45) is 11.8 Å². The number of piperidine rings is 1. The summed E-state index contributed by atoms with van der Waals surface area (Å²) in [6, 6.07) is 0. The van der Waals surface area contributed by atoms with E-state index < -0.39 is 11.5 Å². The molecule has 0 spiro atoms. The summed E-state index contributed by atoms with van der Waals surface area (Å²) in [6.07, 6.45) is 4.50. The number of nitrogens with zero attached hydrogens (tertiary/aromatic N) is 1. The van der Waals surface area contributed by atoms with E-state index >= 15 is 0 Å². The monoisotopic (exact) mass is 240 g/mol. The van der Waals surface area contributed by atoms with Crippen molar-refractivity contribution < 1.29 is 9.90 Å². The van der Waals surface area contributed by atoms with Gasteiger partial charge in [0, 0.05) is 6.54 Å². The van der Waals surface area contributed by atoms with Crippen LogP contribution in [0.5, 0.6) is 0 Å². The van der Waals surface area contributed by atoms with Crippen molar-refractivity contribution in [1.29, 1.82) is 0 Å². The number of carboxylic acids is 1. The number of hydrogen-bond acceptors (Lipinski definition) is 3. The van der Waals surface area contributed by atoms with Gasteiger partial charge in [-0.2, -0.15) is 0 Å². The van der Waals surface area contributed by atoms with Crippen LogP contribution in [0.25, 0.3) is 0 Å². The topological polar surface area (TPSA) is 52.6 Å². The maximum atomic E-state index is 11.6. The molecule has 2 fully saturated rings. The lowest BCUT2D eigenvalue weighted by Crippen LogP contribution is -2.60. The van der Waals surface area contributed by atoms with Crippen LogP contribution in [0.4, 0.5) is 0 Å². The molecule has 2 N–H and O–H groups in total. The van der Waals surface area contributed by atoms with Crippen LogP contribution in [-0.4, -0.2) is 48.2 Å². The zero-order valence-corrected chi connectivity index (χ0v) is 10.9. The summed E-state index contributed by atoms with van der Waals surface area (Å²) < 4.78 is 0. The van der Waals surface area contributed by atoms with E-state index in [0.29, 0.717) is 12.5 Å². The SMILES string of the molecule is CNC(CN1CCC(C)CC1)(C(=O)O)C1CC1. The first-order chi connectivity index (χ1) is 8.08. The number of carbonyl (C=O) groups is 1. The molecule has 1 aliphatic carbocycles. The summed E-state index contributed by atoms with van der Waals surface area (Å²) in [4.78, 5) is 13.9. The molecular weight excluding hydrogens is 216 g/mol. The van der Waals surface area contributed by atoms with Gasteiger partial charge in [-0.1, -0.05) is 6.92 Å². The predicted octanol–water partition coefficient (Wildman–Crippen LogP) is 1.17. The minimum Gasteiger partial charge on any atom is -0.480 e. The van der Waals surface area contributed by atoms with Gasteiger partial charge in [0.05, 0.1) is 0 Å². The van der Waals surface area contributed by atoms with E-state index in [1.54, 1.807) is 7.05 Å². The Morgan fingerprint density at radius 2 is 1.94 bits per heavy atom. The van der Waals surface area contributed by atoms with E-state index in [1.165, 1.54) is 12.8 Å². The zero-order valence-electron chi connectivity index (χ0n) is 10.9. The molecule has 0 aromatic carbocycles. The molecule has 1 atom stereocenters. The molecule has 2 aliphatic rings. The van der Waals surface area contributed by atoms with Gasteiger partial charge in [0.15, 0.2) is 0 Å². The normalized spacial score (nSPS) is 26.7. The smallest absolute Gasteiger partial charge is 0.325 e. The lowest BCUT2D eigenvalue weighted by Gasteiger charge is -2.38. The van der Waals surface area contributed by atoms with Crippen molar-refractivity contribution in [1.82, 2.24) is 10.2 Å². The number of likely N-dealkylation sites (N-methyl/N-ethyl adjacent to an activating group) is 1. The minimum atomic E-state index is -0.708. The second-order valence-corrected chi connectivity index (χ2v) is 5.76. The highest BCUT2D eigenvalue weighted by Gasteiger charge is 2.51. The first-order valence-corrected chi connectivity index (χ1v) is 6.73. The molecule has 1 unspecified atom stereocenters. The molecule has 0 bridgehead atoms. The third-order valence-electron chi connectivity index (χ3n) is 4.45. The highest BCUT2D eigenvalue weighted by atomic mass is 16.4. The molecule has 4 heteroatoms. The van der Waals surface area contributed by atoms with Crippen LogP contribution in [0.2, 0.25) is 0 Å². The lowest BCUT2D eigenvalue weighted by molar-refractivity contribution is -0.147. The van der Waals surface area contributed by atoms with E-state index in [0.717, 1.165) is 31.8 Å². The molecule has 1 heterocycles. The maximum absolute atomic E-state index is 11.6. The predicted molar refractivity (Wildman–Crippen MR) is 67.0 cm³/mol. The summed E-state index contributed by atoms with van der Waals surface area (Å²) in [5.41, 5.74) is -0.708. The second-order valence-electron chi connectivity index (χ2n) is 5.76. The number of nitrogens with one attached hydrogen (secondary N) is 1. The van der Waals surface area contributed by atoms with Gasteiger partial charge in [-0.25, -0.2) is 0 Å². The standard InChI is InChI=1S/C13H24N2O2/c1-10-5-7-15(8-6-10)9-13(14-2,12(16)17)11-3-4-11/h10-11,14H,3-9H2,1-2H3,(H,16,17). The Morgan fingerprint density at radius 1 is 1.35 bits per heavy atom. The summed E-state index contributed by atoms with van der Waals surface area (Å²) in [5, 5.41) is 12.6. The van der Waals surface area contributed by atoms with Crippen molar-refractivity contribution in [3.8, 4) is 0 Å². The third kappa shape index (κ3) is 2.63. The molecule has 2 rings (SSSR count). The molecule has 4 nitrogen and oxygen atoms in total. The highest BCUT2D eigenvalue weighted by molar-refractivity contribution is 5.80. The molecule has 0 aromatic rings. The molecule has 17 heavy (non-hydrogen) atoms. The summed E-state index contributed by atoms with van der Waals surface area (Å²) in [7, 11) is 1.79. The van der Waals surface area contributed by atoms with Crippen LogP contribution >= 0.6 is 0 Å². The quantitative estimate of drug-likeness (QED) is 0.757. The van der Waals surface area contributed by atoms with Crippen LogP contribution < -0.4 is 5.32 Å². The molecule has 0 aromatic heterocycles. The van der Waals surface area contributed by atoms with Crippen molar-refractivity contribution in [2.75, 3.05) is 26.7 Å². The minimum absolute atomic E-state index is 0.323. The Kier molecular flexibility index (Phi) is 3.73. The maximum Gasteiger partial charge on any atom is 0.325 e. The van der Waals surface area contributed by atoms with E-state index in [1.807, 2.05) is 0 Å². The molecule has 1 saturated heterocycles. The van der Waals surface area contributed by atoms with Crippen molar-refractivity contribution >= 4 is 5.97 Å². The Labute approximate surface area is 103 Å². The van der Waals surface area contributed by atoms with Gasteiger partial charge in [0.2, 0.25) is 0 Å². The fraction of sp³-hybridized carbons (Fsp3) is 0.923. The number of likely N-dealkylation sites (tertiary alicyclic amines) is 1. The third-order valence-corrected chi connectivity index (χ3v) is 4.45. The van der Waals surface area contributed by atoms with Gasteiger partial charge in [-0.05, 0) is 57.7 Å². The van der Waals surface area contributed by atoms with E-state index in [9.17, 15) is 9.90 Å². The second kappa shape index (κ2) is 4.94. The average molecular weight is 240 g/mol. The van der Waals surface area contributed by atoms with E-state index in [4.69, 9.17) is 0 Å². The van der Waals surface area contributed by atoms with Crippen LogP contribution in [0.1, 0.15) is 32.6 Å². The Bertz CT molecular complexity index is 283. The fourth-order valence-electron chi connectivity index (χ4n) is 2.91. The molecular formula is C13H24N2O2. The fourth-order valence-corrected chi connectivity index (χ4v) is 2.91. The Hall–Kier alpha value is -0.610. The van der Waals surface area contributed by atoms with Crippen LogP contribution in [0, 0.1) is 11.8 Å².